The number of aliphatic hydroxyl groups is 1. The van der Waals surface area contributed by atoms with E-state index >= 15 is 0 Å². The van der Waals surface area contributed by atoms with Crippen LogP contribution in [0.25, 0.3) is 0 Å². The van der Waals surface area contributed by atoms with Gasteiger partial charge in [0.1, 0.15) is 18.5 Å². The molecule has 36 heavy (non-hydrogen) atoms. The standard InChI is InChI=1S/C27H28BrN3O5/c1-18(9-14-25(33)31-24-8-3-2-7-23(24)29)26(19-5-4-6-22(17-19)35-16-15-32)36-27(34)30-21-12-10-20(28)11-13-21/h2-14,17-18,26,32H,15-16,29H2,1H3,(H,30,34)(H,31,33)/b14-9+/t18-,26+/m0/s1. The van der Waals surface area contributed by atoms with Gasteiger partial charge in [-0.15, -0.1) is 0 Å². The van der Waals surface area contributed by atoms with Gasteiger partial charge in [0.15, 0.2) is 0 Å². The van der Waals surface area contributed by atoms with E-state index in [1.807, 2.05) is 6.92 Å². The van der Waals surface area contributed by atoms with Crippen molar-refractivity contribution in [2.24, 2.45) is 5.92 Å². The minimum absolute atomic E-state index is 0.125. The summed E-state index contributed by atoms with van der Waals surface area (Å²) in [6.45, 7) is 1.84. The molecular formula is C27H28BrN3O5. The highest BCUT2D eigenvalue weighted by molar-refractivity contribution is 9.10. The summed E-state index contributed by atoms with van der Waals surface area (Å²) < 4.78 is 12.2. The molecule has 2 atom stereocenters. The van der Waals surface area contributed by atoms with Crippen molar-refractivity contribution in [3.8, 4) is 5.75 Å². The smallest absolute Gasteiger partial charge is 0.412 e. The number of nitrogens with one attached hydrogen (secondary N) is 2. The number of rotatable bonds is 10. The summed E-state index contributed by atoms with van der Waals surface area (Å²) in [5.74, 6) is -0.220. The Bertz CT molecular complexity index is 1200. The van der Waals surface area contributed by atoms with Gasteiger partial charge in [0.05, 0.1) is 18.0 Å². The first kappa shape index (κ1) is 26.8. The molecule has 0 heterocycles. The number of aliphatic hydroxyl groups excluding tert-OH is 1. The summed E-state index contributed by atoms with van der Waals surface area (Å²) in [6.07, 6.45) is 1.66. The lowest BCUT2D eigenvalue weighted by atomic mass is 9.96. The third kappa shape index (κ3) is 8.14. The molecule has 0 fully saturated rings. The molecule has 3 aromatic carbocycles. The van der Waals surface area contributed by atoms with Crippen LogP contribution in [0.15, 0.2) is 89.4 Å². The Balaban J connectivity index is 1.77. The molecule has 3 rings (SSSR count). The van der Waals surface area contributed by atoms with Gasteiger partial charge in [-0.25, -0.2) is 4.79 Å². The number of carbonyl (C=O) groups is 2. The van der Waals surface area contributed by atoms with Gasteiger partial charge in [0, 0.05) is 16.1 Å². The van der Waals surface area contributed by atoms with E-state index < -0.39 is 12.2 Å². The number of carbonyl (C=O) groups excluding carboxylic acids is 2. The van der Waals surface area contributed by atoms with Crippen LogP contribution >= 0.6 is 15.9 Å². The monoisotopic (exact) mass is 553 g/mol. The van der Waals surface area contributed by atoms with E-state index in [-0.39, 0.29) is 25.0 Å². The number of hydrogen-bond acceptors (Lipinski definition) is 6. The lowest BCUT2D eigenvalue weighted by Crippen LogP contribution is -2.21. The minimum Gasteiger partial charge on any atom is -0.491 e. The Morgan fingerprint density at radius 3 is 2.53 bits per heavy atom. The zero-order chi connectivity index (χ0) is 25.9. The SMILES string of the molecule is C[C@@H](/C=C/C(=O)Nc1ccccc1N)[C@@H](OC(=O)Nc1ccc(Br)cc1)c1cccc(OCCO)c1. The van der Waals surface area contributed by atoms with E-state index in [2.05, 4.69) is 26.6 Å². The molecule has 0 unspecified atom stereocenters. The van der Waals surface area contributed by atoms with Crippen molar-refractivity contribution in [3.05, 3.63) is 95.0 Å². The number of ether oxygens (including phenoxy) is 2. The number of hydrogen-bond donors (Lipinski definition) is 4. The van der Waals surface area contributed by atoms with Gasteiger partial charge in [-0.2, -0.15) is 0 Å². The average Bonchev–Trinajstić information content (AvgIpc) is 2.87. The fraction of sp³-hybridized carbons (Fsp3) is 0.185. The molecule has 3 aromatic rings. The maximum Gasteiger partial charge on any atom is 0.412 e. The topological polar surface area (TPSA) is 123 Å². The molecule has 0 spiro atoms. The second kappa shape index (κ2) is 13.3. The number of benzene rings is 3. The van der Waals surface area contributed by atoms with Gasteiger partial charge < -0.3 is 25.6 Å². The van der Waals surface area contributed by atoms with Crippen molar-refractivity contribution >= 4 is 45.0 Å². The molecule has 0 aliphatic rings. The van der Waals surface area contributed by atoms with Gasteiger partial charge in [-0.3, -0.25) is 10.1 Å². The maximum absolute atomic E-state index is 12.7. The first-order valence-corrected chi connectivity index (χ1v) is 12.1. The fourth-order valence-electron chi connectivity index (χ4n) is 3.34. The zero-order valence-corrected chi connectivity index (χ0v) is 21.3. The van der Waals surface area contributed by atoms with E-state index in [4.69, 9.17) is 20.3 Å². The van der Waals surface area contributed by atoms with E-state index in [0.717, 1.165) is 4.47 Å². The molecular weight excluding hydrogens is 526 g/mol. The molecule has 9 heteroatoms. The van der Waals surface area contributed by atoms with E-state index in [1.165, 1.54) is 6.08 Å². The first-order valence-electron chi connectivity index (χ1n) is 11.3. The zero-order valence-electron chi connectivity index (χ0n) is 19.7. The second-order valence-corrected chi connectivity index (χ2v) is 8.81. The highest BCUT2D eigenvalue weighted by atomic mass is 79.9. The van der Waals surface area contributed by atoms with Crippen LogP contribution in [0, 0.1) is 5.92 Å². The van der Waals surface area contributed by atoms with Crippen molar-refractivity contribution in [3.63, 3.8) is 0 Å². The summed E-state index contributed by atoms with van der Waals surface area (Å²) in [5.41, 5.74) is 8.10. The molecule has 0 saturated carbocycles. The van der Waals surface area contributed by atoms with Crippen LogP contribution < -0.4 is 21.1 Å². The lowest BCUT2D eigenvalue weighted by Gasteiger charge is -2.23. The average molecular weight is 554 g/mol. The summed E-state index contributed by atoms with van der Waals surface area (Å²) in [7, 11) is 0. The lowest BCUT2D eigenvalue weighted by molar-refractivity contribution is -0.111. The molecule has 0 radical (unpaired) electrons. The number of halogens is 1. The fourth-order valence-corrected chi connectivity index (χ4v) is 3.61. The van der Waals surface area contributed by atoms with Gasteiger partial charge in [-0.05, 0) is 60.2 Å². The Labute approximate surface area is 218 Å². The molecule has 0 bridgehead atoms. The highest BCUT2D eigenvalue weighted by Gasteiger charge is 2.23. The predicted molar refractivity (Wildman–Crippen MR) is 144 cm³/mol. The summed E-state index contributed by atoms with van der Waals surface area (Å²) in [6, 6.07) is 21.1. The van der Waals surface area contributed by atoms with Gasteiger partial charge >= 0.3 is 6.09 Å². The number of nitrogen functional groups attached to an aromatic ring is 1. The van der Waals surface area contributed by atoms with Gasteiger partial charge in [-0.1, -0.05) is 53.2 Å². The van der Waals surface area contributed by atoms with Crippen LogP contribution in [0.5, 0.6) is 5.75 Å². The summed E-state index contributed by atoms with van der Waals surface area (Å²) in [5, 5.41) is 14.5. The summed E-state index contributed by atoms with van der Waals surface area (Å²) >= 11 is 3.36. The van der Waals surface area contributed by atoms with Crippen LogP contribution in [0.1, 0.15) is 18.6 Å². The Morgan fingerprint density at radius 1 is 1.06 bits per heavy atom. The van der Waals surface area contributed by atoms with Gasteiger partial charge in [0.2, 0.25) is 5.91 Å². The molecule has 0 aliphatic carbocycles. The van der Waals surface area contributed by atoms with E-state index in [0.29, 0.717) is 28.4 Å². The number of nitrogens with two attached hydrogens (primary N) is 1. The van der Waals surface area contributed by atoms with Crippen molar-refractivity contribution in [2.45, 2.75) is 13.0 Å². The van der Waals surface area contributed by atoms with Crippen molar-refractivity contribution in [2.75, 3.05) is 29.6 Å². The third-order valence-corrected chi connectivity index (χ3v) is 5.65. The second-order valence-electron chi connectivity index (χ2n) is 7.90. The number of anilines is 3. The van der Waals surface area contributed by atoms with Crippen molar-refractivity contribution in [1.29, 1.82) is 0 Å². The van der Waals surface area contributed by atoms with Crippen molar-refractivity contribution < 1.29 is 24.2 Å². The molecule has 0 aliphatic heterocycles. The van der Waals surface area contributed by atoms with Crippen LogP contribution in [-0.2, 0) is 9.53 Å². The van der Waals surface area contributed by atoms with E-state index in [1.54, 1.807) is 78.9 Å². The normalized spacial score (nSPS) is 12.5. The van der Waals surface area contributed by atoms with Crippen LogP contribution in [0.2, 0.25) is 0 Å². The van der Waals surface area contributed by atoms with Crippen molar-refractivity contribution in [1.82, 2.24) is 0 Å². The predicted octanol–water partition coefficient (Wildman–Crippen LogP) is 5.52. The number of amides is 2. The molecule has 8 nitrogen and oxygen atoms in total. The summed E-state index contributed by atoms with van der Waals surface area (Å²) in [4.78, 5) is 25.2. The molecule has 0 aromatic heterocycles. The quantitative estimate of drug-likeness (QED) is 0.193. The molecule has 2 amide bonds. The minimum atomic E-state index is -0.732. The molecule has 5 N–H and O–H groups in total. The van der Waals surface area contributed by atoms with Gasteiger partial charge in [0.25, 0.3) is 0 Å². The van der Waals surface area contributed by atoms with Crippen LogP contribution in [-0.4, -0.2) is 30.3 Å². The Hall–Kier alpha value is -3.82. The van der Waals surface area contributed by atoms with Crippen LogP contribution in [0.3, 0.4) is 0 Å². The Morgan fingerprint density at radius 2 is 1.81 bits per heavy atom. The Kier molecular flexibility index (Phi) is 9.91. The molecule has 0 saturated heterocycles. The van der Waals surface area contributed by atoms with Crippen LogP contribution in [0.4, 0.5) is 21.9 Å². The maximum atomic E-state index is 12.7. The highest BCUT2D eigenvalue weighted by Crippen LogP contribution is 2.30. The number of para-hydroxylation sites is 2. The first-order chi connectivity index (χ1) is 17.4. The third-order valence-electron chi connectivity index (χ3n) is 5.12. The largest absolute Gasteiger partial charge is 0.491 e. The van der Waals surface area contributed by atoms with E-state index in [9.17, 15) is 9.59 Å². The molecule has 188 valence electrons.